The zero-order valence-corrected chi connectivity index (χ0v) is 16.8. The van der Waals surface area contributed by atoms with Gasteiger partial charge in [-0.1, -0.05) is 48.5 Å². The van der Waals surface area contributed by atoms with E-state index in [1.54, 1.807) is 12.4 Å². The standard InChI is InChI=1S/C25H25N3O/c1-18(2)28(17-19-8-4-3-5-9-19)24(29)16-22-21-10-6-7-11-23(21)27-25(22)20-12-14-26-15-13-20/h3-15,18,27H,16-17H2,1-2H3. The van der Waals surface area contributed by atoms with Gasteiger partial charge in [0.2, 0.25) is 5.91 Å². The summed E-state index contributed by atoms with van der Waals surface area (Å²) in [4.78, 5) is 23.0. The number of pyridine rings is 1. The number of fused-ring (bicyclic) bond motifs is 1. The Bertz CT molecular complexity index is 1100. The van der Waals surface area contributed by atoms with Gasteiger partial charge in [-0.05, 0) is 43.2 Å². The van der Waals surface area contributed by atoms with Gasteiger partial charge in [0, 0.05) is 41.4 Å². The first-order valence-corrected chi connectivity index (χ1v) is 9.97. The molecule has 146 valence electrons. The molecule has 0 atom stereocenters. The number of amides is 1. The summed E-state index contributed by atoms with van der Waals surface area (Å²) in [6, 6.07) is 22.4. The van der Waals surface area contributed by atoms with Gasteiger partial charge < -0.3 is 9.88 Å². The van der Waals surface area contributed by atoms with Crippen LogP contribution < -0.4 is 0 Å². The third-order valence-corrected chi connectivity index (χ3v) is 5.25. The van der Waals surface area contributed by atoms with Gasteiger partial charge in [-0.2, -0.15) is 0 Å². The lowest BCUT2D eigenvalue weighted by molar-refractivity contribution is -0.132. The van der Waals surface area contributed by atoms with Crippen LogP contribution in [0.2, 0.25) is 0 Å². The molecule has 0 saturated carbocycles. The smallest absolute Gasteiger partial charge is 0.227 e. The number of hydrogen-bond donors (Lipinski definition) is 1. The Morgan fingerprint density at radius 3 is 2.38 bits per heavy atom. The molecule has 0 radical (unpaired) electrons. The molecule has 0 bridgehead atoms. The molecule has 0 unspecified atom stereocenters. The summed E-state index contributed by atoms with van der Waals surface area (Å²) in [6.45, 7) is 4.75. The van der Waals surface area contributed by atoms with E-state index in [0.717, 1.165) is 33.3 Å². The van der Waals surface area contributed by atoms with E-state index >= 15 is 0 Å². The van der Waals surface area contributed by atoms with Crippen molar-refractivity contribution < 1.29 is 4.79 Å². The Morgan fingerprint density at radius 2 is 1.66 bits per heavy atom. The van der Waals surface area contributed by atoms with Crippen LogP contribution in [0.1, 0.15) is 25.0 Å². The van der Waals surface area contributed by atoms with Crippen molar-refractivity contribution >= 4 is 16.8 Å². The number of hydrogen-bond acceptors (Lipinski definition) is 2. The van der Waals surface area contributed by atoms with Gasteiger partial charge in [0.15, 0.2) is 0 Å². The first kappa shape index (κ1) is 18.9. The van der Waals surface area contributed by atoms with Crippen molar-refractivity contribution in [3.63, 3.8) is 0 Å². The fourth-order valence-corrected chi connectivity index (χ4v) is 3.74. The SMILES string of the molecule is CC(C)N(Cc1ccccc1)C(=O)Cc1c(-c2ccncc2)[nH]c2ccccc12. The summed E-state index contributed by atoms with van der Waals surface area (Å²) >= 11 is 0. The summed E-state index contributed by atoms with van der Waals surface area (Å²) in [5.41, 5.74) is 5.25. The summed E-state index contributed by atoms with van der Waals surface area (Å²) in [6.07, 6.45) is 3.91. The average Bonchev–Trinajstić information content (AvgIpc) is 3.11. The Morgan fingerprint density at radius 1 is 0.966 bits per heavy atom. The van der Waals surface area contributed by atoms with E-state index in [4.69, 9.17) is 0 Å². The van der Waals surface area contributed by atoms with E-state index in [1.165, 1.54) is 0 Å². The quantitative estimate of drug-likeness (QED) is 0.497. The number of rotatable bonds is 6. The molecule has 29 heavy (non-hydrogen) atoms. The van der Waals surface area contributed by atoms with Gasteiger partial charge in [-0.3, -0.25) is 9.78 Å². The summed E-state index contributed by atoms with van der Waals surface area (Å²) in [5, 5.41) is 1.09. The second kappa shape index (κ2) is 8.31. The number of nitrogens with zero attached hydrogens (tertiary/aromatic N) is 2. The number of carbonyl (C=O) groups is 1. The highest BCUT2D eigenvalue weighted by atomic mass is 16.2. The van der Waals surface area contributed by atoms with Crippen molar-refractivity contribution in [2.45, 2.75) is 32.9 Å². The molecule has 4 heteroatoms. The highest BCUT2D eigenvalue weighted by molar-refractivity contribution is 5.95. The summed E-state index contributed by atoms with van der Waals surface area (Å²) in [5.74, 6) is 0.129. The maximum atomic E-state index is 13.4. The van der Waals surface area contributed by atoms with Gasteiger partial charge in [0.25, 0.3) is 0 Å². The third kappa shape index (κ3) is 4.06. The lowest BCUT2D eigenvalue weighted by Crippen LogP contribution is -2.37. The minimum atomic E-state index is 0.122. The molecule has 2 aromatic heterocycles. The molecule has 2 heterocycles. The molecule has 0 fully saturated rings. The maximum absolute atomic E-state index is 13.4. The van der Waals surface area contributed by atoms with Gasteiger partial charge in [-0.25, -0.2) is 0 Å². The van der Waals surface area contributed by atoms with Crippen LogP contribution in [0.15, 0.2) is 79.1 Å². The van der Waals surface area contributed by atoms with Crippen LogP contribution in [0, 0.1) is 0 Å². The molecule has 2 aromatic carbocycles. The zero-order valence-electron chi connectivity index (χ0n) is 16.8. The molecule has 4 aromatic rings. The van der Waals surface area contributed by atoms with E-state index in [1.807, 2.05) is 47.4 Å². The van der Waals surface area contributed by atoms with Crippen molar-refractivity contribution in [3.8, 4) is 11.3 Å². The molecule has 1 amide bonds. The molecular weight excluding hydrogens is 358 g/mol. The predicted octanol–water partition coefficient (Wildman–Crippen LogP) is 5.21. The van der Waals surface area contributed by atoms with Gasteiger partial charge in [-0.15, -0.1) is 0 Å². The van der Waals surface area contributed by atoms with Gasteiger partial charge in [0.1, 0.15) is 0 Å². The monoisotopic (exact) mass is 383 g/mol. The molecule has 0 aliphatic carbocycles. The molecule has 0 aliphatic rings. The highest BCUT2D eigenvalue weighted by Crippen LogP contribution is 2.31. The van der Waals surface area contributed by atoms with Crippen LogP contribution in [0.3, 0.4) is 0 Å². The fourth-order valence-electron chi connectivity index (χ4n) is 3.74. The van der Waals surface area contributed by atoms with E-state index in [9.17, 15) is 4.79 Å². The van der Waals surface area contributed by atoms with Crippen molar-refractivity contribution in [1.29, 1.82) is 0 Å². The van der Waals surface area contributed by atoms with E-state index in [-0.39, 0.29) is 11.9 Å². The van der Waals surface area contributed by atoms with Crippen LogP contribution in [-0.4, -0.2) is 26.8 Å². The molecule has 0 spiro atoms. The summed E-state index contributed by atoms with van der Waals surface area (Å²) < 4.78 is 0. The number of aromatic amines is 1. The minimum absolute atomic E-state index is 0.122. The van der Waals surface area contributed by atoms with Crippen LogP contribution in [-0.2, 0) is 17.8 Å². The Hall–Kier alpha value is -3.40. The van der Waals surface area contributed by atoms with Crippen LogP contribution in [0.4, 0.5) is 0 Å². The minimum Gasteiger partial charge on any atom is -0.354 e. The third-order valence-electron chi connectivity index (χ3n) is 5.25. The number of H-pyrrole nitrogens is 1. The lowest BCUT2D eigenvalue weighted by Gasteiger charge is -2.27. The Labute approximate surface area is 171 Å². The molecular formula is C25H25N3O. The molecule has 0 saturated heterocycles. The normalized spacial score (nSPS) is 11.1. The molecule has 4 nitrogen and oxygen atoms in total. The van der Waals surface area contributed by atoms with E-state index < -0.39 is 0 Å². The van der Waals surface area contributed by atoms with Crippen molar-refractivity contribution in [2.75, 3.05) is 0 Å². The summed E-state index contributed by atoms with van der Waals surface area (Å²) in [7, 11) is 0. The van der Waals surface area contributed by atoms with Crippen LogP contribution in [0.5, 0.6) is 0 Å². The van der Waals surface area contributed by atoms with E-state index in [2.05, 4.69) is 48.1 Å². The van der Waals surface area contributed by atoms with E-state index in [0.29, 0.717) is 13.0 Å². The molecule has 1 N–H and O–H groups in total. The first-order chi connectivity index (χ1) is 14.1. The first-order valence-electron chi connectivity index (χ1n) is 9.97. The number of para-hydroxylation sites is 1. The van der Waals surface area contributed by atoms with Gasteiger partial charge in [0.05, 0.1) is 12.1 Å². The van der Waals surface area contributed by atoms with Crippen LogP contribution in [0.25, 0.3) is 22.2 Å². The molecule has 0 aliphatic heterocycles. The largest absolute Gasteiger partial charge is 0.354 e. The fraction of sp³-hybridized carbons (Fsp3) is 0.200. The van der Waals surface area contributed by atoms with Crippen molar-refractivity contribution in [1.82, 2.24) is 14.9 Å². The van der Waals surface area contributed by atoms with Gasteiger partial charge >= 0.3 is 0 Å². The predicted molar refractivity (Wildman–Crippen MR) is 117 cm³/mol. The number of aromatic nitrogens is 2. The zero-order chi connectivity index (χ0) is 20.2. The second-order valence-corrected chi connectivity index (χ2v) is 7.54. The second-order valence-electron chi connectivity index (χ2n) is 7.54. The topological polar surface area (TPSA) is 49.0 Å². The Kier molecular flexibility index (Phi) is 5.43. The van der Waals surface area contributed by atoms with Crippen LogP contribution >= 0.6 is 0 Å². The number of carbonyl (C=O) groups excluding carboxylic acids is 1. The highest BCUT2D eigenvalue weighted by Gasteiger charge is 2.22. The number of benzene rings is 2. The van der Waals surface area contributed by atoms with Crippen molar-refractivity contribution in [3.05, 3.63) is 90.3 Å². The number of nitrogens with one attached hydrogen (secondary N) is 1. The Balaban J connectivity index is 1.69. The van der Waals surface area contributed by atoms with Crippen molar-refractivity contribution in [2.24, 2.45) is 0 Å². The maximum Gasteiger partial charge on any atom is 0.227 e. The average molecular weight is 383 g/mol. The lowest BCUT2D eigenvalue weighted by atomic mass is 10.0. The molecule has 4 rings (SSSR count).